The van der Waals surface area contributed by atoms with E-state index >= 15 is 0 Å². The van der Waals surface area contributed by atoms with Crippen molar-refractivity contribution in [1.29, 1.82) is 0 Å². The third kappa shape index (κ3) is 4.25. The molecule has 0 atom stereocenters. The molecule has 21 heavy (non-hydrogen) atoms. The van der Waals surface area contributed by atoms with Crippen LogP contribution in [0.25, 0.3) is 0 Å². The quantitative estimate of drug-likeness (QED) is 0.643. The van der Waals surface area contributed by atoms with Gasteiger partial charge >= 0.3 is 0 Å². The smallest absolute Gasteiger partial charge is 0 e. The normalized spacial score (nSPS) is 16.9. The number of hydrogen-bond donors (Lipinski definition) is 0. The van der Waals surface area contributed by atoms with Crippen molar-refractivity contribution in [2.45, 2.75) is 13.1 Å². The van der Waals surface area contributed by atoms with E-state index < -0.39 is 0 Å². The Hall–Kier alpha value is -1.46. The summed E-state index contributed by atoms with van der Waals surface area (Å²) < 4.78 is 0. The Morgan fingerprint density at radius 3 is 1.71 bits per heavy atom. The first-order valence-electron chi connectivity index (χ1n) is 6.71. The molecule has 114 valence electrons. The van der Waals surface area contributed by atoms with Crippen LogP contribution >= 0.6 is 0 Å². The summed E-state index contributed by atoms with van der Waals surface area (Å²) in [5.41, 5.74) is 2.41. The summed E-state index contributed by atoms with van der Waals surface area (Å²) in [5.74, 6) is 0. The fourth-order valence-electron chi connectivity index (χ4n) is 2.34. The van der Waals surface area contributed by atoms with Crippen LogP contribution in [0.3, 0.4) is 0 Å². The Morgan fingerprint density at radius 1 is 0.857 bits per heavy atom. The van der Waals surface area contributed by atoms with E-state index in [1.54, 1.807) is 0 Å². The Morgan fingerprint density at radius 2 is 1.33 bits per heavy atom. The van der Waals surface area contributed by atoms with Crippen molar-refractivity contribution in [2.75, 3.05) is 14.1 Å². The molecule has 0 radical (unpaired) electrons. The maximum atomic E-state index is 3.50. The molecule has 2 aliphatic rings. The third-order valence-corrected chi connectivity index (χ3v) is 3.27. The summed E-state index contributed by atoms with van der Waals surface area (Å²) in [6, 6.07) is 9.85. The SMILES string of the molecule is CN1C=CN(Cc2[c-]c(CN3C=CN(C)[CH-]3)ccc2)[CH-]1.[Os]. The minimum Gasteiger partial charge on any atom is -0.511 e. The minimum absolute atomic E-state index is 0. The van der Waals surface area contributed by atoms with Crippen molar-refractivity contribution < 1.29 is 19.8 Å². The van der Waals surface area contributed by atoms with Crippen molar-refractivity contribution in [1.82, 2.24) is 19.6 Å². The predicted molar refractivity (Wildman–Crippen MR) is 78.8 cm³/mol. The fraction of sp³-hybridized carbons (Fsp3) is 0.250. The molecule has 0 aliphatic carbocycles. The molecule has 3 rings (SSSR count). The standard InChI is InChI=1S/C16H19N4.Os/c1-17-6-8-19(13-17)11-15-4-3-5-16(10-15)12-20-9-7-18(2)14-20;/h3-9,13-14H,11-12H2,1-2H3;/q-3;. The van der Waals surface area contributed by atoms with Crippen LogP contribution in [0.1, 0.15) is 11.1 Å². The predicted octanol–water partition coefficient (Wildman–Crippen LogP) is 2.16. The van der Waals surface area contributed by atoms with E-state index in [1.165, 1.54) is 11.1 Å². The molecular weight excluding hydrogens is 438 g/mol. The van der Waals surface area contributed by atoms with Crippen molar-refractivity contribution in [3.8, 4) is 0 Å². The molecule has 0 aromatic heterocycles. The molecule has 2 heterocycles. The topological polar surface area (TPSA) is 13.0 Å². The Bertz CT molecular complexity index is 486. The van der Waals surface area contributed by atoms with Crippen molar-refractivity contribution in [3.63, 3.8) is 0 Å². The molecule has 1 aromatic rings. The zero-order valence-electron chi connectivity index (χ0n) is 12.3. The summed E-state index contributed by atoms with van der Waals surface area (Å²) in [4.78, 5) is 8.41. The van der Waals surface area contributed by atoms with Gasteiger partial charge in [-0.1, -0.05) is 0 Å². The summed E-state index contributed by atoms with van der Waals surface area (Å²) in [6.45, 7) is 5.86. The van der Waals surface area contributed by atoms with Crippen LogP contribution in [0.2, 0.25) is 0 Å². The van der Waals surface area contributed by atoms with Gasteiger partial charge in [-0.25, -0.2) is 0 Å². The van der Waals surface area contributed by atoms with E-state index in [-0.39, 0.29) is 19.8 Å². The maximum Gasteiger partial charge on any atom is 0 e. The van der Waals surface area contributed by atoms with Crippen molar-refractivity contribution in [2.24, 2.45) is 0 Å². The Balaban J connectivity index is 0.00000161. The van der Waals surface area contributed by atoms with Gasteiger partial charge < -0.3 is 19.6 Å². The van der Waals surface area contributed by atoms with E-state index in [9.17, 15) is 0 Å². The van der Waals surface area contributed by atoms with E-state index in [0.717, 1.165) is 13.1 Å². The molecule has 4 nitrogen and oxygen atoms in total. The molecule has 2 aliphatic heterocycles. The molecule has 1 aromatic carbocycles. The number of rotatable bonds is 4. The van der Waals surface area contributed by atoms with Gasteiger partial charge in [-0.05, 0) is 52.0 Å². The third-order valence-electron chi connectivity index (χ3n) is 3.27. The Kier molecular flexibility index (Phi) is 5.31. The van der Waals surface area contributed by atoms with Crippen molar-refractivity contribution >= 4 is 0 Å². The number of nitrogens with zero attached hydrogens (tertiary/aromatic N) is 4. The van der Waals surface area contributed by atoms with Gasteiger partial charge in [0.05, 0.1) is 0 Å². The van der Waals surface area contributed by atoms with Gasteiger partial charge in [0.2, 0.25) is 0 Å². The number of hydrogen-bond acceptors (Lipinski definition) is 4. The van der Waals surface area contributed by atoms with Crippen LogP contribution in [0, 0.1) is 19.4 Å². The second-order valence-corrected chi connectivity index (χ2v) is 5.20. The van der Waals surface area contributed by atoms with Gasteiger partial charge in [0.1, 0.15) is 0 Å². The molecule has 0 unspecified atom stereocenters. The van der Waals surface area contributed by atoms with Crippen LogP contribution in [0.15, 0.2) is 43.0 Å². The van der Waals surface area contributed by atoms with Gasteiger partial charge in [-0.2, -0.15) is 37.6 Å². The van der Waals surface area contributed by atoms with Crippen LogP contribution in [-0.2, 0) is 32.9 Å². The minimum atomic E-state index is 0. The molecule has 0 fully saturated rings. The van der Waals surface area contributed by atoms with Crippen LogP contribution in [-0.4, -0.2) is 33.7 Å². The zero-order chi connectivity index (χ0) is 13.9. The van der Waals surface area contributed by atoms with Gasteiger partial charge in [-0.3, -0.25) is 0 Å². The molecule has 0 saturated carbocycles. The molecule has 0 spiro atoms. The second kappa shape index (κ2) is 7.00. The van der Waals surface area contributed by atoms with E-state index in [4.69, 9.17) is 0 Å². The van der Waals surface area contributed by atoms with E-state index in [2.05, 4.69) is 59.8 Å². The van der Waals surface area contributed by atoms with Crippen molar-refractivity contribution in [3.05, 3.63) is 73.5 Å². The molecule has 0 N–H and O–H groups in total. The largest absolute Gasteiger partial charge is 0.511 e. The molecular formula is C16H19N4Os-3. The summed E-state index contributed by atoms with van der Waals surface area (Å²) >= 11 is 0. The molecule has 5 heteroatoms. The fourth-order valence-corrected chi connectivity index (χ4v) is 2.34. The average molecular weight is 458 g/mol. The van der Waals surface area contributed by atoms with Crippen LogP contribution in [0.5, 0.6) is 0 Å². The summed E-state index contributed by atoms with van der Waals surface area (Å²) in [5, 5.41) is 0. The summed E-state index contributed by atoms with van der Waals surface area (Å²) in [7, 11) is 4.06. The summed E-state index contributed by atoms with van der Waals surface area (Å²) in [6.07, 6.45) is 8.24. The maximum absolute atomic E-state index is 3.50. The Labute approximate surface area is 140 Å². The first-order chi connectivity index (χ1) is 9.69. The van der Waals surface area contributed by atoms with E-state index in [0.29, 0.717) is 0 Å². The monoisotopic (exact) mass is 459 g/mol. The molecule has 0 saturated heterocycles. The van der Waals surface area contributed by atoms with Gasteiger partial charge in [-0.15, -0.1) is 11.1 Å². The number of benzene rings is 1. The second-order valence-electron chi connectivity index (χ2n) is 5.20. The van der Waals surface area contributed by atoms with Gasteiger partial charge in [0.25, 0.3) is 0 Å². The first kappa shape index (κ1) is 15.9. The van der Waals surface area contributed by atoms with Gasteiger partial charge in [0, 0.05) is 19.8 Å². The first-order valence-corrected chi connectivity index (χ1v) is 6.71. The molecule has 0 amide bonds. The van der Waals surface area contributed by atoms with E-state index in [1.807, 2.05) is 36.3 Å². The van der Waals surface area contributed by atoms with Gasteiger partial charge in [0.15, 0.2) is 0 Å². The molecule has 0 bridgehead atoms. The average Bonchev–Trinajstić information content (AvgIpc) is 2.99. The van der Waals surface area contributed by atoms with Crippen LogP contribution in [0.4, 0.5) is 0 Å². The van der Waals surface area contributed by atoms with Crippen LogP contribution < -0.4 is 0 Å². The zero-order valence-corrected chi connectivity index (χ0v) is 14.8.